The van der Waals surface area contributed by atoms with E-state index in [0.717, 1.165) is 16.9 Å². The lowest BCUT2D eigenvalue weighted by molar-refractivity contribution is -0.123. The SMILES string of the molecule is COCCCNC(=O)CN(C)CC(=O)Nc1sc(C)c(C)c1C#N. The molecular weight excluding hydrogens is 328 g/mol. The largest absolute Gasteiger partial charge is 0.385 e. The molecule has 2 N–H and O–H groups in total. The molecule has 0 saturated heterocycles. The number of nitrogens with zero attached hydrogens (tertiary/aromatic N) is 2. The Morgan fingerprint density at radius 2 is 1.96 bits per heavy atom. The molecule has 1 heterocycles. The zero-order chi connectivity index (χ0) is 18.1. The summed E-state index contributed by atoms with van der Waals surface area (Å²) >= 11 is 1.39. The van der Waals surface area contributed by atoms with Gasteiger partial charge in [-0.25, -0.2) is 0 Å². The van der Waals surface area contributed by atoms with Gasteiger partial charge in [-0.1, -0.05) is 0 Å². The van der Waals surface area contributed by atoms with Crippen LogP contribution >= 0.6 is 11.3 Å². The van der Waals surface area contributed by atoms with Crippen LogP contribution < -0.4 is 10.6 Å². The Kier molecular flexibility index (Phi) is 8.40. The van der Waals surface area contributed by atoms with E-state index in [1.807, 2.05) is 13.8 Å². The van der Waals surface area contributed by atoms with Crippen LogP contribution in [0.5, 0.6) is 0 Å². The normalized spacial score (nSPS) is 10.5. The zero-order valence-electron chi connectivity index (χ0n) is 14.6. The number of rotatable bonds is 9. The molecule has 0 spiro atoms. The first-order valence-electron chi connectivity index (χ1n) is 7.63. The van der Waals surface area contributed by atoms with Crippen LogP contribution in [0.4, 0.5) is 5.00 Å². The molecule has 0 unspecified atom stereocenters. The van der Waals surface area contributed by atoms with Crippen molar-refractivity contribution in [3.05, 3.63) is 16.0 Å². The molecule has 0 bridgehead atoms. The Hall–Kier alpha value is -1.95. The molecule has 0 aliphatic carbocycles. The summed E-state index contributed by atoms with van der Waals surface area (Å²) in [6.45, 7) is 5.13. The van der Waals surface area contributed by atoms with Gasteiger partial charge in [0.15, 0.2) is 0 Å². The van der Waals surface area contributed by atoms with Crippen molar-refractivity contribution < 1.29 is 14.3 Å². The van der Waals surface area contributed by atoms with Crippen LogP contribution in [0, 0.1) is 25.2 Å². The summed E-state index contributed by atoms with van der Waals surface area (Å²) in [6.07, 6.45) is 0.750. The Morgan fingerprint density at radius 1 is 1.29 bits per heavy atom. The number of carbonyl (C=O) groups is 2. The Labute approximate surface area is 146 Å². The fraction of sp³-hybridized carbons (Fsp3) is 0.562. The predicted molar refractivity (Wildman–Crippen MR) is 94.1 cm³/mol. The van der Waals surface area contributed by atoms with Crippen LogP contribution in [0.3, 0.4) is 0 Å². The summed E-state index contributed by atoms with van der Waals surface area (Å²) in [7, 11) is 3.31. The van der Waals surface area contributed by atoms with E-state index in [9.17, 15) is 14.9 Å². The maximum Gasteiger partial charge on any atom is 0.239 e. The van der Waals surface area contributed by atoms with Gasteiger partial charge >= 0.3 is 0 Å². The molecule has 0 fully saturated rings. The number of anilines is 1. The number of ether oxygens (including phenoxy) is 1. The average Bonchev–Trinajstić information content (AvgIpc) is 2.77. The van der Waals surface area contributed by atoms with Gasteiger partial charge in [-0.15, -0.1) is 11.3 Å². The van der Waals surface area contributed by atoms with Crippen molar-refractivity contribution in [2.24, 2.45) is 0 Å². The second-order valence-electron chi connectivity index (χ2n) is 5.52. The number of nitriles is 1. The number of methoxy groups -OCH3 is 1. The van der Waals surface area contributed by atoms with E-state index < -0.39 is 0 Å². The van der Waals surface area contributed by atoms with Crippen molar-refractivity contribution in [2.75, 3.05) is 45.7 Å². The van der Waals surface area contributed by atoms with E-state index in [1.165, 1.54) is 11.3 Å². The van der Waals surface area contributed by atoms with E-state index >= 15 is 0 Å². The van der Waals surface area contributed by atoms with Crippen molar-refractivity contribution in [3.8, 4) is 6.07 Å². The molecule has 0 atom stereocenters. The fourth-order valence-electron chi connectivity index (χ4n) is 2.06. The maximum atomic E-state index is 12.1. The van der Waals surface area contributed by atoms with Crippen molar-refractivity contribution in [3.63, 3.8) is 0 Å². The molecule has 2 amide bonds. The minimum atomic E-state index is -0.248. The molecule has 24 heavy (non-hydrogen) atoms. The smallest absolute Gasteiger partial charge is 0.239 e. The first-order chi connectivity index (χ1) is 11.4. The summed E-state index contributed by atoms with van der Waals surface area (Å²) in [6, 6.07) is 2.12. The van der Waals surface area contributed by atoms with Gasteiger partial charge in [0.1, 0.15) is 11.1 Å². The summed E-state index contributed by atoms with van der Waals surface area (Å²) in [5, 5.41) is 15.3. The quantitative estimate of drug-likeness (QED) is 0.653. The van der Waals surface area contributed by atoms with Gasteiger partial charge in [0.25, 0.3) is 0 Å². The number of hydrogen-bond donors (Lipinski definition) is 2. The minimum absolute atomic E-state index is 0.0757. The molecule has 1 aromatic rings. The first-order valence-corrected chi connectivity index (χ1v) is 8.44. The number of nitrogens with one attached hydrogen (secondary N) is 2. The van der Waals surface area contributed by atoms with Crippen LogP contribution in [-0.4, -0.2) is 57.1 Å². The van der Waals surface area contributed by atoms with Crippen molar-refractivity contribution >= 4 is 28.2 Å². The van der Waals surface area contributed by atoms with Crippen molar-refractivity contribution in [1.82, 2.24) is 10.2 Å². The molecule has 0 aromatic carbocycles. The molecule has 0 radical (unpaired) electrons. The molecule has 0 aliphatic heterocycles. The molecule has 0 saturated carbocycles. The zero-order valence-corrected chi connectivity index (χ0v) is 15.4. The number of carbonyl (C=O) groups excluding carboxylic acids is 2. The molecule has 1 rings (SSSR count). The first kappa shape index (κ1) is 20.1. The molecule has 132 valence electrons. The third-order valence-corrected chi connectivity index (χ3v) is 4.55. The summed E-state index contributed by atoms with van der Waals surface area (Å²) < 4.78 is 4.91. The summed E-state index contributed by atoms with van der Waals surface area (Å²) in [5.41, 5.74) is 1.39. The average molecular weight is 352 g/mol. The second-order valence-corrected chi connectivity index (χ2v) is 6.74. The number of hydrogen-bond acceptors (Lipinski definition) is 6. The second kappa shape index (κ2) is 10.0. The van der Waals surface area contributed by atoms with Gasteiger partial charge in [0.2, 0.25) is 11.8 Å². The number of aryl methyl sites for hydroxylation is 1. The van der Waals surface area contributed by atoms with E-state index in [4.69, 9.17) is 4.74 Å². The monoisotopic (exact) mass is 352 g/mol. The van der Waals surface area contributed by atoms with Gasteiger partial charge in [0.05, 0.1) is 18.7 Å². The van der Waals surface area contributed by atoms with Crippen LogP contribution in [0.1, 0.15) is 22.4 Å². The Balaban J connectivity index is 2.43. The number of amides is 2. The molecule has 0 aliphatic rings. The Bertz CT molecular complexity index is 622. The van der Waals surface area contributed by atoms with Crippen LogP contribution in [0.15, 0.2) is 0 Å². The van der Waals surface area contributed by atoms with Crippen molar-refractivity contribution in [2.45, 2.75) is 20.3 Å². The predicted octanol–water partition coefficient (Wildman–Crippen LogP) is 1.26. The highest BCUT2D eigenvalue weighted by Gasteiger charge is 2.16. The third kappa shape index (κ3) is 6.28. The van der Waals surface area contributed by atoms with Crippen molar-refractivity contribution in [1.29, 1.82) is 5.26 Å². The highest BCUT2D eigenvalue weighted by Crippen LogP contribution is 2.31. The highest BCUT2D eigenvalue weighted by molar-refractivity contribution is 7.16. The van der Waals surface area contributed by atoms with E-state index in [-0.39, 0.29) is 24.9 Å². The number of likely N-dealkylation sites (N-methyl/N-ethyl adjacent to an activating group) is 1. The van der Waals surface area contributed by atoms with Gasteiger partial charge in [-0.05, 0) is 32.9 Å². The van der Waals surface area contributed by atoms with Gasteiger partial charge in [0, 0.05) is 25.1 Å². The van der Waals surface area contributed by atoms with Crippen LogP contribution in [0.25, 0.3) is 0 Å². The highest BCUT2D eigenvalue weighted by atomic mass is 32.1. The lowest BCUT2D eigenvalue weighted by Gasteiger charge is -2.15. The van der Waals surface area contributed by atoms with E-state index in [2.05, 4.69) is 16.7 Å². The lowest BCUT2D eigenvalue weighted by atomic mass is 10.2. The van der Waals surface area contributed by atoms with E-state index in [0.29, 0.717) is 23.7 Å². The number of thiophene rings is 1. The standard InChI is InChI=1S/C16H24N4O3S/c1-11-12(2)24-16(13(11)8-17)19-15(22)10-20(3)9-14(21)18-6-5-7-23-4/h5-7,9-10H2,1-4H3,(H,18,21)(H,19,22). The molecule has 7 nitrogen and oxygen atoms in total. The topological polar surface area (TPSA) is 94.5 Å². The van der Waals surface area contributed by atoms with Crippen LogP contribution in [0.2, 0.25) is 0 Å². The summed E-state index contributed by atoms with van der Waals surface area (Å²) in [5.74, 6) is -0.385. The molecule has 1 aromatic heterocycles. The van der Waals surface area contributed by atoms with Gasteiger partial charge < -0.3 is 15.4 Å². The third-order valence-electron chi connectivity index (χ3n) is 3.42. The minimum Gasteiger partial charge on any atom is -0.385 e. The molecular formula is C16H24N4O3S. The Morgan fingerprint density at radius 3 is 2.58 bits per heavy atom. The maximum absolute atomic E-state index is 12.1. The summed E-state index contributed by atoms with van der Waals surface area (Å²) in [4.78, 5) is 26.5. The van der Waals surface area contributed by atoms with E-state index in [1.54, 1.807) is 19.1 Å². The van der Waals surface area contributed by atoms with Gasteiger partial charge in [-0.2, -0.15) is 5.26 Å². The van der Waals surface area contributed by atoms with Gasteiger partial charge in [-0.3, -0.25) is 14.5 Å². The molecule has 8 heteroatoms. The lowest BCUT2D eigenvalue weighted by Crippen LogP contribution is -2.39. The van der Waals surface area contributed by atoms with Crippen LogP contribution in [-0.2, 0) is 14.3 Å². The fourth-order valence-corrected chi connectivity index (χ4v) is 3.09.